The van der Waals surface area contributed by atoms with Crippen LogP contribution in [0.4, 0.5) is 0 Å². The number of rotatable bonds is 12. The molecule has 1 rings (SSSR count). The molecule has 32 heavy (non-hydrogen) atoms. The largest absolute Gasteiger partial charge is 0.500 e. The first kappa shape index (κ1) is 27.9. The second-order valence-corrected chi connectivity index (χ2v) is 7.80. The van der Waals surface area contributed by atoms with Gasteiger partial charge < -0.3 is 45.6 Å². The molecule has 7 N–H and O–H groups in total. The van der Waals surface area contributed by atoms with Gasteiger partial charge in [-0.05, 0) is 31.1 Å². The van der Waals surface area contributed by atoms with E-state index in [0.717, 1.165) is 13.0 Å². The number of carbonyl (C=O) groups excluding carboxylic acids is 2. The van der Waals surface area contributed by atoms with Crippen LogP contribution in [-0.2, 0) is 23.9 Å². The number of amides is 2. The van der Waals surface area contributed by atoms with Gasteiger partial charge in [-0.1, -0.05) is 13.5 Å². The fraction of sp³-hybridized carbons (Fsp3) is 0.684. The lowest BCUT2D eigenvalue weighted by atomic mass is 9.75. The lowest BCUT2D eigenvalue weighted by molar-refractivity contribution is -0.346. The maximum Gasteiger partial charge on any atom is 0.364 e. The molecule has 0 unspecified atom stereocenters. The first-order chi connectivity index (χ1) is 14.9. The van der Waals surface area contributed by atoms with Crippen molar-refractivity contribution in [1.29, 1.82) is 0 Å². The van der Waals surface area contributed by atoms with Crippen molar-refractivity contribution < 1.29 is 49.4 Å². The minimum absolute atomic E-state index is 0.0931. The van der Waals surface area contributed by atoms with Crippen molar-refractivity contribution in [3.63, 3.8) is 0 Å². The predicted octanol–water partition coefficient (Wildman–Crippen LogP) is -1.48. The summed E-state index contributed by atoms with van der Waals surface area (Å²) in [5.41, 5.74) is -2.27. The Labute approximate surface area is 190 Å². The van der Waals surface area contributed by atoms with Crippen molar-refractivity contribution >= 4 is 35.1 Å². The number of thiocarbonyl (C=S) groups is 1. The van der Waals surface area contributed by atoms with Gasteiger partial charge in [-0.2, -0.15) is 0 Å². The third-order valence-electron chi connectivity index (χ3n) is 5.02. The molecule has 2 amide bonds. The number of aliphatic hydroxyl groups excluding tert-OH is 4. The maximum absolute atomic E-state index is 12.1. The van der Waals surface area contributed by atoms with E-state index in [4.69, 9.17) is 9.47 Å². The Morgan fingerprint density at radius 3 is 2.44 bits per heavy atom. The number of nitrogens with one attached hydrogen (secondary N) is 2. The lowest BCUT2D eigenvalue weighted by Gasteiger charge is -2.54. The zero-order chi connectivity index (χ0) is 24.7. The van der Waals surface area contributed by atoms with Crippen LogP contribution < -0.4 is 10.6 Å². The van der Waals surface area contributed by atoms with Gasteiger partial charge >= 0.3 is 5.97 Å². The van der Waals surface area contributed by atoms with Gasteiger partial charge in [0.15, 0.2) is 11.2 Å². The number of ether oxygens (including phenoxy) is 2. The molecule has 1 saturated heterocycles. The summed E-state index contributed by atoms with van der Waals surface area (Å²) in [7, 11) is 0. The number of carboxylic acid groups (broad SMARTS) is 1. The Bertz CT molecular complexity index is 735. The highest BCUT2D eigenvalue weighted by Crippen LogP contribution is 2.42. The van der Waals surface area contributed by atoms with E-state index in [9.17, 15) is 39.9 Å². The summed E-state index contributed by atoms with van der Waals surface area (Å²) < 4.78 is 11.2. The van der Waals surface area contributed by atoms with E-state index < -0.39 is 71.4 Å². The summed E-state index contributed by atoms with van der Waals surface area (Å²) in [5.74, 6) is -5.36. The maximum atomic E-state index is 12.1. The van der Waals surface area contributed by atoms with E-state index in [1.54, 1.807) is 6.92 Å². The summed E-state index contributed by atoms with van der Waals surface area (Å²) in [6, 6.07) is -1.47. The Morgan fingerprint density at radius 2 is 1.97 bits per heavy atom. The average Bonchev–Trinajstić information content (AvgIpc) is 2.72. The van der Waals surface area contributed by atoms with Gasteiger partial charge in [0.05, 0.1) is 18.8 Å². The van der Waals surface area contributed by atoms with Crippen LogP contribution in [0.2, 0.25) is 0 Å². The first-order valence-corrected chi connectivity index (χ1v) is 10.3. The van der Waals surface area contributed by atoms with Crippen molar-refractivity contribution in [2.24, 2.45) is 0 Å². The van der Waals surface area contributed by atoms with Gasteiger partial charge in [0.25, 0.3) is 5.79 Å². The molecule has 1 heterocycles. The molecule has 1 aliphatic heterocycles. The molecule has 6 atom stereocenters. The highest BCUT2D eigenvalue weighted by atomic mass is 32.1. The number of aliphatic carboxylic acids is 1. The second kappa shape index (κ2) is 11.6. The number of hydrogen-bond donors (Lipinski definition) is 7. The van der Waals surface area contributed by atoms with Gasteiger partial charge in [-0.25, -0.2) is 4.79 Å². The summed E-state index contributed by atoms with van der Waals surface area (Å²) in [6.07, 6.45) is -5.60. The molecule has 1 aliphatic rings. The van der Waals surface area contributed by atoms with E-state index in [1.807, 2.05) is 0 Å². The molecule has 0 bridgehead atoms. The van der Waals surface area contributed by atoms with Gasteiger partial charge in [0, 0.05) is 19.9 Å². The smallest absolute Gasteiger partial charge is 0.364 e. The molecule has 0 aromatic heterocycles. The monoisotopic (exact) mass is 478 g/mol. The van der Waals surface area contributed by atoms with Gasteiger partial charge in [0.1, 0.15) is 11.7 Å². The molecular formula is C19H30N2O10S. The average molecular weight is 479 g/mol. The Balaban J connectivity index is 3.63. The van der Waals surface area contributed by atoms with Crippen LogP contribution in [0, 0.1) is 0 Å². The van der Waals surface area contributed by atoms with Crippen molar-refractivity contribution in [3.8, 4) is 0 Å². The standard InChI is InChI=1S/C19H30N2O10S/c1-4-8-30-19(17(28)29)9-11(23)14(21-10(3)22)18(31-19,6-7-20-12(24)5-2)15(26)13(25)16(27)32/h5,11,13-15,23,25-26H,2,4,6-9H2,1,3H3,(H,20,24)(H,21,22)(H,27,32)(H,28,29)/t11-,13-,14+,15+,18+,19-/m0/s1. The highest BCUT2D eigenvalue weighted by molar-refractivity contribution is 7.80. The van der Waals surface area contributed by atoms with Crippen LogP contribution in [0.5, 0.6) is 0 Å². The van der Waals surface area contributed by atoms with E-state index in [0.29, 0.717) is 6.42 Å². The third kappa shape index (κ3) is 6.21. The number of carbonyl (C=O) groups is 3. The van der Waals surface area contributed by atoms with Crippen molar-refractivity contribution in [2.45, 2.75) is 68.9 Å². The number of aliphatic hydroxyl groups is 4. The SMILES string of the molecule is C=CC(=O)NCC[C@@]1([C@H](O)[C@H](O)C(O)=S)O[C@](OCCC)(C(=O)O)C[C@H](O)[C@H]1NC(C)=O. The van der Waals surface area contributed by atoms with Crippen LogP contribution in [0.3, 0.4) is 0 Å². The molecule has 12 nitrogen and oxygen atoms in total. The first-order valence-electron chi connectivity index (χ1n) is 9.88. The number of hydrogen-bond acceptors (Lipinski definition) is 9. The summed E-state index contributed by atoms with van der Waals surface area (Å²) in [5, 5.41) is 55.3. The van der Waals surface area contributed by atoms with E-state index in [1.165, 1.54) is 0 Å². The molecular weight excluding hydrogens is 448 g/mol. The molecule has 0 radical (unpaired) electrons. The zero-order valence-electron chi connectivity index (χ0n) is 17.8. The van der Waals surface area contributed by atoms with E-state index >= 15 is 0 Å². The molecule has 0 aromatic carbocycles. The highest BCUT2D eigenvalue weighted by Gasteiger charge is 2.63. The Morgan fingerprint density at radius 1 is 1.34 bits per heavy atom. The summed E-state index contributed by atoms with van der Waals surface area (Å²) >= 11 is 4.53. The molecule has 182 valence electrons. The normalized spacial score (nSPS) is 29.4. The quantitative estimate of drug-likeness (QED) is 0.128. The predicted molar refractivity (Wildman–Crippen MR) is 114 cm³/mol. The molecule has 1 fully saturated rings. The minimum Gasteiger partial charge on any atom is -0.500 e. The zero-order valence-corrected chi connectivity index (χ0v) is 18.6. The van der Waals surface area contributed by atoms with Gasteiger partial charge in [-0.3, -0.25) is 9.59 Å². The van der Waals surface area contributed by atoms with E-state index in [2.05, 4.69) is 29.4 Å². The Kier molecular flexibility index (Phi) is 10.1. The van der Waals surface area contributed by atoms with Gasteiger partial charge in [0.2, 0.25) is 11.8 Å². The molecule has 0 aliphatic carbocycles. The Hall–Kier alpha value is -2.16. The van der Waals surface area contributed by atoms with Crippen LogP contribution in [0.1, 0.15) is 33.1 Å². The van der Waals surface area contributed by atoms with Crippen molar-refractivity contribution in [1.82, 2.24) is 10.6 Å². The van der Waals surface area contributed by atoms with Gasteiger partial charge in [-0.15, -0.1) is 0 Å². The topological polar surface area (TPSA) is 195 Å². The van der Waals surface area contributed by atoms with Crippen LogP contribution in [-0.4, -0.2) is 97.3 Å². The number of carboxylic acids is 1. The minimum atomic E-state index is -2.47. The summed E-state index contributed by atoms with van der Waals surface area (Å²) in [4.78, 5) is 35.6. The molecule has 0 spiro atoms. The molecule has 0 aromatic rings. The second-order valence-electron chi connectivity index (χ2n) is 7.39. The van der Waals surface area contributed by atoms with Crippen molar-refractivity contribution in [2.75, 3.05) is 13.2 Å². The lowest BCUT2D eigenvalue weighted by Crippen LogP contribution is -2.75. The summed E-state index contributed by atoms with van der Waals surface area (Å²) in [6.45, 7) is 5.76. The molecule has 13 heteroatoms. The van der Waals surface area contributed by atoms with E-state index in [-0.39, 0.29) is 13.2 Å². The van der Waals surface area contributed by atoms with Crippen LogP contribution in [0.15, 0.2) is 12.7 Å². The fourth-order valence-electron chi connectivity index (χ4n) is 3.57. The van der Waals surface area contributed by atoms with Crippen LogP contribution >= 0.6 is 12.2 Å². The van der Waals surface area contributed by atoms with Crippen LogP contribution in [0.25, 0.3) is 0 Å². The molecule has 0 saturated carbocycles. The fourth-order valence-corrected chi connectivity index (χ4v) is 3.70. The third-order valence-corrected chi connectivity index (χ3v) is 5.26. The van der Waals surface area contributed by atoms with Crippen molar-refractivity contribution in [3.05, 3.63) is 12.7 Å².